The maximum atomic E-state index is 11.9. The van der Waals surface area contributed by atoms with Gasteiger partial charge in [-0.25, -0.2) is 0 Å². The van der Waals surface area contributed by atoms with Crippen LogP contribution in [-0.2, 0) is 4.79 Å². The van der Waals surface area contributed by atoms with Crippen LogP contribution in [0.1, 0.15) is 24.1 Å². The van der Waals surface area contributed by atoms with Crippen molar-refractivity contribution in [2.45, 2.75) is 13.0 Å². The molecule has 2 rings (SSSR count). The monoisotopic (exact) mass is 313 g/mol. The van der Waals surface area contributed by atoms with Crippen LogP contribution in [0, 0.1) is 11.3 Å². The lowest BCUT2D eigenvalue weighted by molar-refractivity contribution is -0.115. The Morgan fingerprint density at radius 1 is 1.27 bits per heavy atom. The topological polar surface area (TPSA) is 64.9 Å². The third-order valence-electron chi connectivity index (χ3n) is 3.22. The predicted octanol–water partition coefficient (Wildman–Crippen LogP) is 3.50. The van der Waals surface area contributed by atoms with Gasteiger partial charge in [-0.15, -0.1) is 0 Å². The lowest BCUT2D eigenvalue weighted by Gasteiger charge is -2.15. The van der Waals surface area contributed by atoms with E-state index in [1.807, 2.05) is 37.3 Å². The molecule has 0 radical (unpaired) electrons. The molecule has 0 aliphatic rings. The maximum absolute atomic E-state index is 11.9. The summed E-state index contributed by atoms with van der Waals surface area (Å²) in [6.07, 6.45) is 0. The molecule has 1 atom stereocenters. The molecule has 2 N–H and O–H groups in total. The molecule has 0 aromatic heterocycles. The van der Waals surface area contributed by atoms with Crippen molar-refractivity contribution in [2.75, 3.05) is 11.9 Å². The van der Waals surface area contributed by atoms with E-state index in [4.69, 9.17) is 16.9 Å². The molecule has 0 saturated heterocycles. The van der Waals surface area contributed by atoms with Crippen molar-refractivity contribution in [1.82, 2.24) is 5.32 Å². The van der Waals surface area contributed by atoms with Crippen molar-refractivity contribution < 1.29 is 4.79 Å². The normalized spacial score (nSPS) is 11.5. The zero-order valence-corrected chi connectivity index (χ0v) is 12.9. The van der Waals surface area contributed by atoms with Crippen LogP contribution >= 0.6 is 11.6 Å². The molecule has 5 heteroatoms. The molecule has 22 heavy (non-hydrogen) atoms. The highest BCUT2D eigenvalue weighted by molar-refractivity contribution is 6.31. The Bertz CT molecular complexity index is 709. The largest absolute Gasteiger partial charge is 0.325 e. The fourth-order valence-corrected chi connectivity index (χ4v) is 2.35. The first-order chi connectivity index (χ1) is 10.6. The van der Waals surface area contributed by atoms with Crippen LogP contribution in [-0.4, -0.2) is 12.5 Å². The van der Waals surface area contributed by atoms with Crippen LogP contribution in [0.4, 0.5) is 5.69 Å². The van der Waals surface area contributed by atoms with Crippen LogP contribution in [0.5, 0.6) is 0 Å². The first-order valence-corrected chi connectivity index (χ1v) is 7.26. The van der Waals surface area contributed by atoms with Gasteiger partial charge in [0.05, 0.1) is 18.2 Å². The summed E-state index contributed by atoms with van der Waals surface area (Å²) in [5.74, 6) is -0.172. The number of amides is 1. The second-order valence-corrected chi connectivity index (χ2v) is 5.27. The summed E-state index contributed by atoms with van der Waals surface area (Å²) in [4.78, 5) is 11.9. The molecule has 1 unspecified atom stereocenters. The Morgan fingerprint density at radius 3 is 2.77 bits per heavy atom. The number of hydrogen-bond acceptors (Lipinski definition) is 3. The fraction of sp³-hybridized carbons (Fsp3) is 0.176. The van der Waals surface area contributed by atoms with E-state index in [2.05, 4.69) is 10.6 Å². The summed E-state index contributed by atoms with van der Waals surface area (Å²) in [6, 6.07) is 16.3. The third kappa shape index (κ3) is 4.32. The Hall–Kier alpha value is -2.35. The van der Waals surface area contributed by atoms with E-state index < -0.39 is 0 Å². The number of nitrogens with zero attached hydrogens (tertiary/aromatic N) is 1. The van der Waals surface area contributed by atoms with Gasteiger partial charge in [-0.3, -0.25) is 4.79 Å². The summed E-state index contributed by atoms with van der Waals surface area (Å²) in [6.45, 7) is 2.11. The standard InChI is InChI=1S/C17H16ClN3O/c1-12(15-7-2-3-8-16(15)18)20-11-17(22)21-14-6-4-5-13(9-14)10-19/h2-9,12,20H,11H2,1H3,(H,21,22). The Morgan fingerprint density at radius 2 is 2.05 bits per heavy atom. The van der Waals surface area contributed by atoms with Gasteiger partial charge >= 0.3 is 0 Å². The second-order valence-electron chi connectivity index (χ2n) is 4.86. The average Bonchev–Trinajstić information content (AvgIpc) is 2.53. The molecule has 2 aromatic carbocycles. The van der Waals surface area contributed by atoms with Crippen molar-refractivity contribution >= 4 is 23.2 Å². The molecule has 4 nitrogen and oxygen atoms in total. The quantitative estimate of drug-likeness (QED) is 0.888. The molecule has 0 saturated carbocycles. The third-order valence-corrected chi connectivity index (χ3v) is 3.56. The van der Waals surface area contributed by atoms with E-state index in [0.717, 1.165) is 5.56 Å². The average molecular weight is 314 g/mol. The van der Waals surface area contributed by atoms with Crippen molar-refractivity contribution in [3.63, 3.8) is 0 Å². The van der Waals surface area contributed by atoms with Crippen LogP contribution < -0.4 is 10.6 Å². The van der Waals surface area contributed by atoms with Gasteiger partial charge < -0.3 is 10.6 Å². The van der Waals surface area contributed by atoms with E-state index in [1.165, 1.54) is 0 Å². The minimum atomic E-state index is -0.172. The summed E-state index contributed by atoms with van der Waals surface area (Å²) in [7, 11) is 0. The van der Waals surface area contributed by atoms with Gasteiger partial charge in [-0.2, -0.15) is 5.26 Å². The molecule has 0 aliphatic carbocycles. The smallest absolute Gasteiger partial charge is 0.238 e. The van der Waals surface area contributed by atoms with E-state index in [9.17, 15) is 4.79 Å². The van der Waals surface area contributed by atoms with E-state index in [-0.39, 0.29) is 18.5 Å². The summed E-state index contributed by atoms with van der Waals surface area (Å²) < 4.78 is 0. The number of benzene rings is 2. The second kappa shape index (κ2) is 7.60. The molecule has 2 aromatic rings. The molecule has 0 heterocycles. The highest BCUT2D eigenvalue weighted by atomic mass is 35.5. The highest BCUT2D eigenvalue weighted by Crippen LogP contribution is 2.21. The molecule has 0 fully saturated rings. The minimum absolute atomic E-state index is 0.0371. The first-order valence-electron chi connectivity index (χ1n) is 6.88. The van der Waals surface area contributed by atoms with Gasteiger partial charge in [0.15, 0.2) is 0 Å². The molecular weight excluding hydrogens is 298 g/mol. The SMILES string of the molecule is CC(NCC(=O)Nc1cccc(C#N)c1)c1ccccc1Cl. The lowest BCUT2D eigenvalue weighted by Crippen LogP contribution is -2.30. The molecule has 0 bridgehead atoms. The van der Waals surface area contributed by atoms with Gasteiger partial charge in [-0.1, -0.05) is 35.9 Å². The molecule has 0 spiro atoms. The zero-order valence-electron chi connectivity index (χ0n) is 12.1. The number of rotatable bonds is 5. The summed E-state index contributed by atoms with van der Waals surface area (Å²) in [5.41, 5.74) is 2.06. The van der Waals surface area contributed by atoms with Crippen molar-refractivity contribution in [3.8, 4) is 6.07 Å². The van der Waals surface area contributed by atoms with Crippen molar-refractivity contribution in [1.29, 1.82) is 5.26 Å². The number of carbonyl (C=O) groups is 1. The van der Waals surface area contributed by atoms with Gasteiger partial charge in [0.25, 0.3) is 0 Å². The van der Waals surface area contributed by atoms with Gasteiger partial charge in [0.2, 0.25) is 5.91 Å². The number of hydrogen-bond donors (Lipinski definition) is 2. The number of anilines is 1. The number of carbonyl (C=O) groups excluding carboxylic acids is 1. The molecule has 1 amide bonds. The summed E-state index contributed by atoms with van der Waals surface area (Å²) in [5, 5.41) is 15.4. The van der Waals surface area contributed by atoms with Crippen molar-refractivity contribution in [3.05, 3.63) is 64.7 Å². The zero-order chi connectivity index (χ0) is 15.9. The van der Waals surface area contributed by atoms with E-state index in [0.29, 0.717) is 16.3 Å². The van der Waals surface area contributed by atoms with Gasteiger partial charge in [0, 0.05) is 16.8 Å². The summed E-state index contributed by atoms with van der Waals surface area (Å²) >= 11 is 6.13. The number of halogens is 1. The first kappa shape index (κ1) is 16.0. The molecular formula is C17H16ClN3O. The minimum Gasteiger partial charge on any atom is -0.325 e. The Balaban J connectivity index is 1.90. The van der Waals surface area contributed by atoms with Gasteiger partial charge in [-0.05, 0) is 36.8 Å². The lowest BCUT2D eigenvalue weighted by atomic mass is 10.1. The molecule has 112 valence electrons. The molecule has 0 aliphatic heterocycles. The van der Waals surface area contributed by atoms with Crippen molar-refractivity contribution in [2.24, 2.45) is 0 Å². The number of nitrogens with one attached hydrogen (secondary N) is 2. The predicted molar refractivity (Wildman–Crippen MR) is 87.7 cm³/mol. The Kier molecular flexibility index (Phi) is 5.54. The van der Waals surface area contributed by atoms with Gasteiger partial charge in [0.1, 0.15) is 0 Å². The number of nitriles is 1. The van der Waals surface area contributed by atoms with Crippen LogP contribution in [0.15, 0.2) is 48.5 Å². The highest BCUT2D eigenvalue weighted by Gasteiger charge is 2.10. The van der Waals surface area contributed by atoms with E-state index >= 15 is 0 Å². The van der Waals surface area contributed by atoms with E-state index in [1.54, 1.807) is 24.3 Å². The van der Waals surface area contributed by atoms with Crippen LogP contribution in [0.2, 0.25) is 5.02 Å². The van der Waals surface area contributed by atoms with Crippen LogP contribution in [0.25, 0.3) is 0 Å². The maximum Gasteiger partial charge on any atom is 0.238 e. The van der Waals surface area contributed by atoms with Crippen LogP contribution in [0.3, 0.4) is 0 Å². The fourth-order valence-electron chi connectivity index (χ4n) is 2.05. The Labute approximate surface area is 134 Å².